The molecule has 23 heavy (non-hydrogen) atoms. The Labute approximate surface area is 135 Å². The molecule has 0 fully saturated rings. The van der Waals surface area contributed by atoms with E-state index in [1.54, 1.807) is 6.92 Å². The van der Waals surface area contributed by atoms with Gasteiger partial charge in [-0.05, 0) is 6.42 Å². The van der Waals surface area contributed by atoms with E-state index in [2.05, 4.69) is 4.74 Å². The molecule has 4 unspecified atom stereocenters. The zero-order chi connectivity index (χ0) is 18.0. The van der Waals surface area contributed by atoms with E-state index in [1.165, 1.54) is 0 Å². The van der Waals surface area contributed by atoms with Gasteiger partial charge in [0, 0.05) is 42.9 Å². The van der Waals surface area contributed by atoms with Crippen LogP contribution in [0, 0.1) is 16.0 Å². The first kappa shape index (κ1) is 21.4. The van der Waals surface area contributed by atoms with Crippen molar-refractivity contribution in [2.75, 3.05) is 13.1 Å². The largest absolute Gasteiger partial charge is 0.393 e. The minimum Gasteiger partial charge on any atom is -0.393 e. The van der Waals surface area contributed by atoms with Crippen LogP contribution in [-0.2, 0) is 14.3 Å². The summed E-state index contributed by atoms with van der Waals surface area (Å²) in [5.41, 5.74) is 22.1. The highest BCUT2D eigenvalue weighted by atomic mass is 16.6. The summed E-state index contributed by atoms with van der Waals surface area (Å²) < 4.78 is 4.65. The number of nitrogens with two attached hydrogens (primary N) is 4. The van der Waals surface area contributed by atoms with E-state index in [0.717, 1.165) is 0 Å². The van der Waals surface area contributed by atoms with E-state index in [-0.39, 0.29) is 38.4 Å². The van der Waals surface area contributed by atoms with Crippen molar-refractivity contribution in [1.29, 1.82) is 0 Å². The number of ether oxygens (including phenoxy) is 1. The van der Waals surface area contributed by atoms with E-state index in [0.29, 0.717) is 6.42 Å². The van der Waals surface area contributed by atoms with Crippen LogP contribution in [0.3, 0.4) is 0 Å². The smallest absolute Gasteiger partial charge is 0.314 e. The Hall–Kier alpha value is -1.62. The van der Waals surface area contributed by atoms with Crippen molar-refractivity contribution >= 4 is 11.9 Å². The maximum atomic E-state index is 11.8. The van der Waals surface area contributed by atoms with Gasteiger partial charge in [-0.1, -0.05) is 6.92 Å². The SMILES string of the molecule is CCC(C(CC(=O)OC(=O)CCC(N)CN)C(N)CN)[N+](=O)[O-]. The molecule has 0 aliphatic rings. The molecule has 10 heteroatoms. The van der Waals surface area contributed by atoms with Crippen molar-refractivity contribution in [2.45, 2.75) is 50.7 Å². The van der Waals surface area contributed by atoms with Crippen LogP contribution in [0.15, 0.2) is 0 Å². The maximum Gasteiger partial charge on any atom is 0.314 e. The average molecular weight is 333 g/mol. The van der Waals surface area contributed by atoms with Gasteiger partial charge in [-0.2, -0.15) is 0 Å². The summed E-state index contributed by atoms with van der Waals surface area (Å²) in [6.45, 7) is 1.83. The van der Waals surface area contributed by atoms with Crippen LogP contribution in [0.25, 0.3) is 0 Å². The standard InChI is InChI=1S/C13H27N5O5/c1-2-11(18(21)22)9(10(17)7-15)5-13(20)23-12(19)4-3-8(16)6-14/h8-11H,2-7,14-17H2,1H3. The number of hydrogen-bond donors (Lipinski definition) is 4. The third-order valence-corrected chi connectivity index (χ3v) is 3.66. The van der Waals surface area contributed by atoms with E-state index >= 15 is 0 Å². The Kier molecular flexibility index (Phi) is 10.2. The first-order chi connectivity index (χ1) is 10.8. The molecule has 0 aromatic carbocycles. The first-order valence-electron chi connectivity index (χ1n) is 7.55. The van der Waals surface area contributed by atoms with Crippen molar-refractivity contribution in [3.8, 4) is 0 Å². The molecule has 0 aromatic rings. The fourth-order valence-electron chi connectivity index (χ4n) is 2.19. The molecule has 0 amide bonds. The van der Waals surface area contributed by atoms with Crippen LogP contribution in [0.1, 0.15) is 32.6 Å². The summed E-state index contributed by atoms with van der Waals surface area (Å²) in [4.78, 5) is 33.9. The number of nitrogens with zero attached hydrogens (tertiary/aromatic N) is 1. The van der Waals surface area contributed by atoms with E-state index in [4.69, 9.17) is 22.9 Å². The molecule has 8 N–H and O–H groups in total. The molecular weight excluding hydrogens is 306 g/mol. The van der Waals surface area contributed by atoms with E-state index < -0.39 is 34.9 Å². The van der Waals surface area contributed by atoms with Gasteiger partial charge in [0.25, 0.3) is 0 Å². The molecule has 0 saturated heterocycles. The van der Waals surface area contributed by atoms with Crippen molar-refractivity contribution in [3.05, 3.63) is 10.1 Å². The molecule has 10 nitrogen and oxygen atoms in total. The van der Waals surface area contributed by atoms with Crippen LogP contribution in [0.5, 0.6) is 0 Å². The van der Waals surface area contributed by atoms with Gasteiger partial charge >= 0.3 is 11.9 Å². The highest BCUT2D eigenvalue weighted by Gasteiger charge is 2.36. The van der Waals surface area contributed by atoms with E-state index in [1.807, 2.05) is 0 Å². The second kappa shape index (κ2) is 11.0. The second-order valence-corrected chi connectivity index (χ2v) is 5.41. The Morgan fingerprint density at radius 2 is 1.78 bits per heavy atom. The van der Waals surface area contributed by atoms with Gasteiger partial charge < -0.3 is 27.7 Å². The third kappa shape index (κ3) is 7.98. The van der Waals surface area contributed by atoms with Crippen LogP contribution < -0.4 is 22.9 Å². The predicted octanol–water partition coefficient (Wildman–Crippen LogP) is -1.53. The Balaban J connectivity index is 4.65. The lowest BCUT2D eigenvalue weighted by Crippen LogP contribution is -2.46. The third-order valence-electron chi connectivity index (χ3n) is 3.66. The fourth-order valence-corrected chi connectivity index (χ4v) is 2.19. The molecule has 0 aromatic heterocycles. The number of carbonyl (C=O) groups excluding carboxylic acids is 2. The lowest BCUT2D eigenvalue weighted by molar-refractivity contribution is -0.533. The minimum atomic E-state index is -1.03. The second-order valence-electron chi connectivity index (χ2n) is 5.41. The highest BCUT2D eigenvalue weighted by molar-refractivity contribution is 5.85. The van der Waals surface area contributed by atoms with Crippen molar-refractivity contribution in [1.82, 2.24) is 0 Å². The van der Waals surface area contributed by atoms with Gasteiger partial charge in [-0.25, -0.2) is 0 Å². The minimum absolute atomic E-state index is 0.0123. The summed E-state index contributed by atoms with van der Waals surface area (Å²) in [6, 6.07) is -2.12. The molecular formula is C13H27N5O5. The quantitative estimate of drug-likeness (QED) is 0.150. The summed E-state index contributed by atoms with van der Waals surface area (Å²) in [5, 5.41) is 11.1. The number of rotatable bonds is 11. The molecule has 0 bridgehead atoms. The number of esters is 2. The van der Waals surface area contributed by atoms with Crippen LogP contribution in [0.2, 0.25) is 0 Å². The molecule has 0 radical (unpaired) electrons. The summed E-state index contributed by atoms with van der Waals surface area (Å²) in [6.07, 6.45) is 0.0927. The van der Waals surface area contributed by atoms with Crippen molar-refractivity contribution < 1.29 is 19.2 Å². The molecule has 0 rings (SSSR count). The molecule has 4 atom stereocenters. The molecule has 0 spiro atoms. The van der Waals surface area contributed by atoms with Gasteiger partial charge in [0.1, 0.15) is 0 Å². The molecule has 0 saturated carbocycles. The monoisotopic (exact) mass is 333 g/mol. The first-order valence-corrected chi connectivity index (χ1v) is 7.55. The van der Waals surface area contributed by atoms with Crippen molar-refractivity contribution in [2.24, 2.45) is 28.9 Å². The van der Waals surface area contributed by atoms with Gasteiger partial charge in [-0.15, -0.1) is 0 Å². The van der Waals surface area contributed by atoms with Crippen LogP contribution in [0.4, 0.5) is 0 Å². The maximum absolute atomic E-state index is 11.8. The Morgan fingerprint density at radius 3 is 2.22 bits per heavy atom. The Morgan fingerprint density at radius 1 is 1.17 bits per heavy atom. The number of nitro groups is 1. The molecule has 0 aliphatic carbocycles. The lowest BCUT2D eigenvalue weighted by Gasteiger charge is -2.24. The van der Waals surface area contributed by atoms with Gasteiger partial charge in [0.2, 0.25) is 6.04 Å². The summed E-state index contributed by atoms with van der Waals surface area (Å²) in [5.74, 6) is -2.40. The van der Waals surface area contributed by atoms with Crippen LogP contribution >= 0.6 is 0 Å². The Bertz CT molecular complexity index is 406. The van der Waals surface area contributed by atoms with Gasteiger partial charge in [0.15, 0.2) is 0 Å². The highest BCUT2D eigenvalue weighted by Crippen LogP contribution is 2.19. The zero-order valence-corrected chi connectivity index (χ0v) is 13.3. The topological polar surface area (TPSA) is 191 Å². The number of carbonyl (C=O) groups is 2. The normalized spacial score (nSPS) is 16.2. The van der Waals surface area contributed by atoms with Crippen molar-refractivity contribution in [3.63, 3.8) is 0 Å². The van der Waals surface area contributed by atoms with Crippen LogP contribution in [-0.4, -0.2) is 48.1 Å². The fraction of sp³-hybridized carbons (Fsp3) is 0.846. The number of hydrogen-bond acceptors (Lipinski definition) is 9. The average Bonchev–Trinajstić information content (AvgIpc) is 2.50. The van der Waals surface area contributed by atoms with E-state index in [9.17, 15) is 19.7 Å². The predicted molar refractivity (Wildman–Crippen MR) is 83.6 cm³/mol. The summed E-state index contributed by atoms with van der Waals surface area (Å²) in [7, 11) is 0. The molecule has 0 heterocycles. The zero-order valence-electron chi connectivity index (χ0n) is 13.3. The van der Waals surface area contributed by atoms with Gasteiger partial charge in [-0.3, -0.25) is 19.7 Å². The molecule has 134 valence electrons. The lowest BCUT2D eigenvalue weighted by atomic mass is 9.88. The van der Waals surface area contributed by atoms with Gasteiger partial charge in [0.05, 0.1) is 12.3 Å². The molecule has 0 aliphatic heterocycles. The summed E-state index contributed by atoms with van der Waals surface area (Å²) >= 11 is 0.